The second kappa shape index (κ2) is 7.37. The SMILES string of the molecule is CC(C)C(=O)N1CCSC12CCN(C(=O)c1cccc(C(F)(F)F)c1)CC2. The van der Waals surface area contributed by atoms with Gasteiger partial charge in [0.25, 0.3) is 5.91 Å². The predicted octanol–water partition coefficient (Wildman–Crippen LogP) is 3.87. The monoisotopic (exact) mass is 400 g/mol. The van der Waals surface area contributed by atoms with E-state index in [0.717, 1.165) is 17.9 Å². The van der Waals surface area contributed by atoms with Crippen LogP contribution in [0.15, 0.2) is 24.3 Å². The molecule has 0 aliphatic carbocycles. The Morgan fingerprint density at radius 2 is 1.81 bits per heavy atom. The molecule has 2 aliphatic heterocycles. The van der Waals surface area contributed by atoms with E-state index in [0.29, 0.717) is 32.5 Å². The summed E-state index contributed by atoms with van der Waals surface area (Å²) in [5.74, 6) is 0.531. The summed E-state index contributed by atoms with van der Waals surface area (Å²) in [4.78, 5) is 28.4. The molecule has 0 N–H and O–H groups in total. The molecule has 2 aliphatic rings. The van der Waals surface area contributed by atoms with Crippen molar-refractivity contribution in [2.75, 3.05) is 25.4 Å². The number of piperidine rings is 1. The van der Waals surface area contributed by atoms with Crippen molar-refractivity contribution in [2.45, 2.75) is 37.7 Å². The number of carbonyl (C=O) groups excluding carboxylic acids is 2. The highest BCUT2D eigenvalue weighted by Crippen LogP contribution is 2.44. The number of rotatable bonds is 2. The summed E-state index contributed by atoms with van der Waals surface area (Å²) in [6, 6.07) is 4.55. The molecule has 1 aromatic rings. The smallest absolute Gasteiger partial charge is 0.338 e. The Balaban J connectivity index is 1.71. The molecule has 0 saturated carbocycles. The Labute approximate surface area is 161 Å². The maximum Gasteiger partial charge on any atom is 0.416 e. The number of benzene rings is 1. The van der Waals surface area contributed by atoms with Crippen LogP contribution in [-0.4, -0.2) is 51.9 Å². The van der Waals surface area contributed by atoms with Gasteiger partial charge in [-0.2, -0.15) is 13.2 Å². The van der Waals surface area contributed by atoms with E-state index < -0.39 is 11.7 Å². The molecule has 2 fully saturated rings. The van der Waals surface area contributed by atoms with Crippen molar-refractivity contribution >= 4 is 23.6 Å². The quantitative estimate of drug-likeness (QED) is 0.757. The molecule has 1 spiro atoms. The molecule has 4 nitrogen and oxygen atoms in total. The summed E-state index contributed by atoms with van der Waals surface area (Å²) in [7, 11) is 0. The average molecular weight is 400 g/mol. The number of hydrogen-bond acceptors (Lipinski definition) is 3. The Morgan fingerprint density at radius 1 is 1.15 bits per heavy atom. The maximum absolute atomic E-state index is 12.9. The van der Waals surface area contributed by atoms with Crippen LogP contribution in [0.2, 0.25) is 0 Å². The molecule has 3 rings (SSSR count). The molecule has 0 aromatic heterocycles. The molecule has 1 aromatic carbocycles. The van der Waals surface area contributed by atoms with E-state index in [4.69, 9.17) is 0 Å². The Morgan fingerprint density at radius 3 is 2.41 bits per heavy atom. The zero-order valence-electron chi connectivity index (χ0n) is 15.4. The first kappa shape index (κ1) is 20.0. The lowest BCUT2D eigenvalue weighted by Crippen LogP contribution is -2.54. The number of carbonyl (C=O) groups is 2. The highest BCUT2D eigenvalue weighted by molar-refractivity contribution is 8.00. The molecule has 0 bridgehead atoms. The first-order valence-electron chi connectivity index (χ1n) is 9.06. The van der Waals surface area contributed by atoms with Crippen LogP contribution >= 0.6 is 11.8 Å². The second-order valence-corrected chi connectivity index (χ2v) is 8.77. The topological polar surface area (TPSA) is 40.6 Å². The van der Waals surface area contributed by atoms with Gasteiger partial charge in [-0.05, 0) is 31.0 Å². The molecule has 148 valence electrons. The first-order chi connectivity index (χ1) is 12.6. The molecular weight excluding hydrogens is 377 g/mol. The van der Waals surface area contributed by atoms with E-state index in [1.54, 1.807) is 16.7 Å². The van der Waals surface area contributed by atoms with Gasteiger partial charge in [0.15, 0.2) is 0 Å². The van der Waals surface area contributed by atoms with Crippen molar-refractivity contribution in [3.63, 3.8) is 0 Å². The van der Waals surface area contributed by atoms with Crippen LogP contribution in [0.4, 0.5) is 13.2 Å². The van der Waals surface area contributed by atoms with Crippen LogP contribution in [0, 0.1) is 5.92 Å². The number of amides is 2. The van der Waals surface area contributed by atoms with Gasteiger partial charge in [-0.1, -0.05) is 19.9 Å². The lowest BCUT2D eigenvalue weighted by Gasteiger charge is -2.44. The summed E-state index contributed by atoms with van der Waals surface area (Å²) < 4.78 is 38.7. The fraction of sp³-hybridized carbons (Fsp3) is 0.579. The molecule has 8 heteroatoms. The van der Waals surface area contributed by atoms with Gasteiger partial charge in [-0.25, -0.2) is 0 Å². The zero-order valence-corrected chi connectivity index (χ0v) is 16.2. The van der Waals surface area contributed by atoms with Crippen LogP contribution in [-0.2, 0) is 11.0 Å². The lowest BCUT2D eigenvalue weighted by atomic mass is 9.99. The third kappa shape index (κ3) is 3.95. The summed E-state index contributed by atoms with van der Waals surface area (Å²) in [6.45, 7) is 5.34. The fourth-order valence-electron chi connectivity index (χ4n) is 3.72. The average Bonchev–Trinajstić information content (AvgIpc) is 3.03. The van der Waals surface area contributed by atoms with Gasteiger partial charge in [0.05, 0.1) is 10.4 Å². The Hall–Kier alpha value is -1.70. The lowest BCUT2D eigenvalue weighted by molar-refractivity contribution is -0.138. The second-order valence-electron chi connectivity index (χ2n) is 7.31. The molecule has 0 unspecified atom stereocenters. The van der Waals surface area contributed by atoms with Gasteiger partial charge in [-0.3, -0.25) is 9.59 Å². The third-order valence-electron chi connectivity index (χ3n) is 5.21. The van der Waals surface area contributed by atoms with E-state index in [2.05, 4.69) is 0 Å². The molecule has 2 heterocycles. The number of alkyl halides is 3. The molecule has 2 saturated heterocycles. The standard InChI is InChI=1S/C19H23F3N2O2S/c1-13(2)16(25)24-10-11-27-18(24)6-8-23(9-7-18)17(26)14-4-3-5-15(12-14)19(20,21)22/h3-5,12-13H,6-11H2,1-2H3. The summed E-state index contributed by atoms with van der Waals surface area (Å²) in [5, 5.41) is 0. The first-order valence-corrected chi connectivity index (χ1v) is 10.0. The van der Waals surface area contributed by atoms with Crippen molar-refractivity contribution in [3.8, 4) is 0 Å². The van der Waals surface area contributed by atoms with Crippen molar-refractivity contribution in [1.29, 1.82) is 0 Å². The van der Waals surface area contributed by atoms with Gasteiger partial charge >= 0.3 is 6.18 Å². The van der Waals surface area contributed by atoms with Crippen molar-refractivity contribution in [1.82, 2.24) is 9.80 Å². The molecule has 2 amide bonds. The van der Waals surface area contributed by atoms with Gasteiger partial charge < -0.3 is 9.80 Å². The minimum atomic E-state index is -4.47. The van der Waals surface area contributed by atoms with E-state index in [1.165, 1.54) is 12.1 Å². The van der Waals surface area contributed by atoms with Crippen molar-refractivity contribution in [2.24, 2.45) is 5.92 Å². The van der Waals surface area contributed by atoms with Gasteiger partial charge in [-0.15, -0.1) is 11.8 Å². The summed E-state index contributed by atoms with van der Waals surface area (Å²) in [6.07, 6.45) is -3.19. The van der Waals surface area contributed by atoms with Crippen molar-refractivity contribution in [3.05, 3.63) is 35.4 Å². The van der Waals surface area contributed by atoms with Crippen LogP contribution < -0.4 is 0 Å². The largest absolute Gasteiger partial charge is 0.416 e. The normalized spacial score (nSPS) is 19.8. The Kier molecular flexibility index (Phi) is 5.47. The highest BCUT2D eigenvalue weighted by atomic mass is 32.2. The molecule has 0 atom stereocenters. The van der Waals surface area contributed by atoms with E-state index in [-0.39, 0.29) is 28.2 Å². The number of thioether (sulfide) groups is 1. The predicted molar refractivity (Wildman–Crippen MR) is 98.3 cm³/mol. The van der Waals surface area contributed by atoms with Crippen LogP contribution in [0.25, 0.3) is 0 Å². The fourth-order valence-corrected chi connectivity index (χ4v) is 5.18. The van der Waals surface area contributed by atoms with Crippen molar-refractivity contribution < 1.29 is 22.8 Å². The van der Waals surface area contributed by atoms with Gasteiger partial charge in [0, 0.05) is 36.9 Å². The third-order valence-corrected chi connectivity index (χ3v) is 6.76. The summed E-state index contributed by atoms with van der Waals surface area (Å²) >= 11 is 1.75. The number of nitrogens with zero attached hydrogens (tertiary/aromatic N) is 2. The Bertz CT molecular complexity index is 728. The molecule has 0 radical (unpaired) electrons. The molecular formula is C19H23F3N2O2S. The van der Waals surface area contributed by atoms with Crippen LogP contribution in [0.5, 0.6) is 0 Å². The molecule has 27 heavy (non-hydrogen) atoms. The van der Waals surface area contributed by atoms with E-state index in [1.807, 2.05) is 18.7 Å². The minimum absolute atomic E-state index is 0.0509. The van der Waals surface area contributed by atoms with Gasteiger partial charge in [0.1, 0.15) is 0 Å². The summed E-state index contributed by atoms with van der Waals surface area (Å²) in [5.41, 5.74) is -0.767. The highest BCUT2D eigenvalue weighted by Gasteiger charge is 2.47. The number of likely N-dealkylation sites (tertiary alicyclic amines) is 1. The van der Waals surface area contributed by atoms with Crippen LogP contribution in [0.1, 0.15) is 42.6 Å². The number of hydrogen-bond donors (Lipinski definition) is 0. The minimum Gasteiger partial charge on any atom is -0.338 e. The number of halogens is 3. The van der Waals surface area contributed by atoms with Crippen LogP contribution in [0.3, 0.4) is 0 Å². The van der Waals surface area contributed by atoms with E-state index in [9.17, 15) is 22.8 Å². The van der Waals surface area contributed by atoms with E-state index >= 15 is 0 Å². The van der Waals surface area contributed by atoms with Gasteiger partial charge in [0.2, 0.25) is 5.91 Å². The maximum atomic E-state index is 12.9. The zero-order chi connectivity index (χ0) is 19.8.